The van der Waals surface area contributed by atoms with Crippen LogP contribution in [0.4, 0.5) is 13.2 Å². The third kappa shape index (κ3) is 4.92. The molecule has 3 aromatic rings. The van der Waals surface area contributed by atoms with Crippen LogP contribution >= 0.6 is 11.3 Å². The zero-order valence-corrected chi connectivity index (χ0v) is 14.3. The number of nitrogens with zero attached hydrogens (tertiary/aromatic N) is 3. The number of rotatable bonds is 6. The average Bonchev–Trinajstić information content (AvgIpc) is 3.26. The van der Waals surface area contributed by atoms with Crippen molar-refractivity contribution in [2.45, 2.75) is 19.1 Å². The first-order valence-electron chi connectivity index (χ1n) is 7.63. The third-order valence-electron chi connectivity index (χ3n) is 3.42. The predicted octanol–water partition coefficient (Wildman–Crippen LogP) is 3.93. The van der Waals surface area contributed by atoms with Crippen LogP contribution in [0.5, 0.6) is 0 Å². The van der Waals surface area contributed by atoms with Gasteiger partial charge in [0.05, 0.1) is 30.6 Å². The predicted molar refractivity (Wildman–Crippen MR) is 89.2 cm³/mol. The number of furan rings is 1. The molecule has 0 fully saturated rings. The highest BCUT2D eigenvalue weighted by atomic mass is 32.1. The van der Waals surface area contributed by atoms with E-state index in [0.717, 1.165) is 4.90 Å². The van der Waals surface area contributed by atoms with Crippen molar-refractivity contribution < 1.29 is 22.4 Å². The Morgan fingerprint density at radius 1 is 1.23 bits per heavy atom. The van der Waals surface area contributed by atoms with Gasteiger partial charge in [0, 0.05) is 11.6 Å². The number of halogens is 3. The fourth-order valence-corrected chi connectivity index (χ4v) is 3.10. The molecule has 0 radical (unpaired) electrons. The molecule has 3 aromatic heterocycles. The maximum absolute atomic E-state index is 12.8. The monoisotopic (exact) mass is 381 g/mol. The minimum absolute atomic E-state index is 0.222. The molecule has 0 aliphatic heterocycles. The first-order valence-corrected chi connectivity index (χ1v) is 8.51. The molecule has 26 heavy (non-hydrogen) atoms. The number of hydrogen-bond acceptors (Lipinski definition) is 5. The largest absolute Gasteiger partial charge is 0.467 e. The van der Waals surface area contributed by atoms with Gasteiger partial charge in [-0.3, -0.25) is 9.78 Å². The molecule has 0 saturated carbocycles. The number of carbonyl (C=O) groups is 1. The van der Waals surface area contributed by atoms with Gasteiger partial charge in [0.2, 0.25) is 5.91 Å². The molecule has 3 heterocycles. The van der Waals surface area contributed by atoms with E-state index in [1.54, 1.807) is 29.8 Å². The summed E-state index contributed by atoms with van der Waals surface area (Å²) in [6.45, 7) is -1.59. The summed E-state index contributed by atoms with van der Waals surface area (Å²) >= 11 is 1.29. The highest BCUT2D eigenvalue weighted by molar-refractivity contribution is 7.13. The second kappa shape index (κ2) is 7.69. The van der Waals surface area contributed by atoms with Crippen molar-refractivity contribution in [1.29, 1.82) is 0 Å². The fourth-order valence-electron chi connectivity index (χ4n) is 2.30. The minimum atomic E-state index is -4.50. The Morgan fingerprint density at radius 3 is 2.73 bits per heavy atom. The second-order valence-corrected chi connectivity index (χ2v) is 6.34. The van der Waals surface area contributed by atoms with E-state index in [4.69, 9.17) is 4.42 Å². The van der Waals surface area contributed by atoms with E-state index in [0.29, 0.717) is 16.4 Å². The molecular weight excluding hydrogens is 367 g/mol. The Bertz CT molecular complexity index is 848. The Morgan fingerprint density at radius 2 is 2.08 bits per heavy atom. The van der Waals surface area contributed by atoms with Gasteiger partial charge in [-0.15, -0.1) is 11.3 Å². The summed E-state index contributed by atoms with van der Waals surface area (Å²) in [6, 6.07) is 8.44. The van der Waals surface area contributed by atoms with Crippen molar-refractivity contribution in [3.05, 3.63) is 59.6 Å². The van der Waals surface area contributed by atoms with E-state index in [1.165, 1.54) is 23.7 Å². The standard InChI is InChI=1S/C17H14F3N3O2S/c18-17(19,20)11-23(9-13-4-3-7-25-13)15(24)8-12-10-26-16(22-12)14-5-1-2-6-21-14/h1-7,10H,8-9,11H2. The van der Waals surface area contributed by atoms with Crippen LogP contribution in [0.25, 0.3) is 10.7 Å². The van der Waals surface area contributed by atoms with Gasteiger partial charge in [0.15, 0.2) is 0 Å². The normalized spacial score (nSPS) is 11.5. The highest BCUT2D eigenvalue weighted by Crippen LogP contribution is 2.23. The molecule has 136 valence electrons. The summed E-state index contributed by atoms with van der Waals surface area (Å²) in [5.74, 6) is -0.383. The number of carbonyl (C=O) groups excluding carboxylic acids is 1. The quantitative estimate of drug-likeness (QED) is 0.649. The summed E-state index contributed by atoms with van der Waals surface area (Å²) in [5.41, 5.74) is 1.06. The molecule has 0 atom stereocenters. The first kappa shape index (κ1) is 18.1. The van der Waals surface area contributed by atoms with Gasteiger partial charge in [0.1, 0.15) is 17.3 Å². The first-order chi connectivity index (χ1) is 12.4. The molecule has 1 amide bonds. The Hall–Kier alpha value is -2.68. The van der Waals surface area contributed by atoms with Crippen LogP contribution in [0.2, 0.25) is 0 Å². The third-order valence-corrected chi connectivity index (χ3v) is 4.33. The van der Waals surface area contributed by atoms with Crippen LogP contribution in [0, 0.1) is 0 Å². The Labute approximate surface area is 151 Å². The van der Waals surface area contributed by atoms with Gasteiger partial charge in [-0.2, -0.15) is 13.2 Å². The van der Waals surface area contributed by atoms with E-state index in [9.17, 15) is 18.0 Å². The fraction of sp³-hybridized carbons (Fsp3) is 0.235. The molecule has 9 heteroatoms. The van der Waals surface area contributed by atoms with Crippen LogP contribution in [0.1, 0.15) is 11.5 Å². The zero-order chi connectivity index (χ0) is 18.6. The minimum Gasteiger partial charge on any atom is -0.467 e. The maximum atomic E-state index is 12.8. The lowest BCUT2D eigenvalue weighted by Crippen LogP contribution is -2.39. The lowest BCUT2D eigenvalue weighted by Gasteiger charge is -2.22. The maximum Gasteiger partial charge on any atom is 0.406 e. The molecule has 0 N–H and O–H groups in total. The van der Waals surface area contributed by atoms with Crippen molar-refractivity contribution >= 4 is 17.2 Å². The van der Waals surface area contributed by atoms with E-state index in [2.05, 4.69) is 9.97 Å². The molecule has 0 unspecified atom stereocenters. The number of hydrogen-bond donors (Lipinski definition) is 0. The summed E-state index contributed by atoms with van der Waals surface area (Å²) < 4.78 is 43.5. The molecular formula is C17H14F3N3O2S. The van der Waals surface area contributed by atoms with Gasteiger partial charge in [-0.25, -0.2) is 4.98 Å². The van der Waals surface area contributed by atoms with Gasteiger partial charge < -0.3 is 9.32 Å². The summed E-state index contributed by atoms with van der Waals surface area (Å²) in [7, 11) is 0. The van der Waals surface area contributed by atoms with Gasteiger partial charge in [-0.1, -0.05) is 6.07 Å². The van der Waals surface area contributed by atoms with Crippen LogP contribution in [0.3, 0.4) is 0 Å². The average molecular weight is 381 g/mol. The number of pyridine rings is 1. The van der Waals surface area contributed by atoms with Gasteiger partial charge >= 0.3 is 6.18 Å². The van der Waals surface area contributed by atoms with Gasteiger partial charge in [0.25, 0.3) is 0 Å². The van der Waals surface area contributed by atoms with Crippen LogP contribution in [0.15, 0.2) is 52.6 Å². The highest BCUT2D eigenvalue weighted by Gasteiger charge is 2.33. The second-order valence-electron chi connectivity index (χ2n) is 5.48. The van der Waals surface area contributed by atoms with Crippen LogP contribution in [-0.4, -0.2) is 33.5 Å². The van der Waals surface area contributed by atoms with Crippen LogP contribution in [-0.2, 0) is 17.8 Å². The molecule has 0 aromatic carbocycles. The molecule has 0 spiro atoms. The summed E-state index contributed by atoms with van der Waals surface area (Å²) in [5, 5.41) is 2.27. The SMILES string of the molecule is O=C(Cc1csc(-c2ccccn2)n1)N(Cc1ccco1)CC(F)(F)F. The lowest BCUT2D eigenvalue weighted by molar-refractivity contribution is -0.162. The number of aromatic nitrogens is 2. The van der Waals surface area contributed by atoms with Crippen molar-refractivity contribution in [2.75, 3.05) is 6.54 Å². The van der Waals surface area contributed by atoms with Crippen molar-refractivity contribution in [3.8, 4) is 10.7 Å². The number of amides is 1. The molecule has 0 bridgehead atoms. The molecule has 5 nitrogen and oxygen atoms in total. The van der Waals surface area contributed by atoms with E-state index in [1.807, 2.05) is 6.07 Å². The number of alkyl halides is 3. The van der Waals surface area contributed by atoms with Crippen molar-refractivity contribution in [1.82, 2.24) is 14.9 Å². The van der Waals surface area contributed by atoms with Crippen molar-refractivity contribution in [2.24, 2.45) is 0 Å². The lowest BCUT2D eigenvalue weighted by atomic mass is 10.2. The molecule has 0 saturated heterocycles. The zero-order valence-electron chi connectivity index (χ0n) is 13.4. The molecule has 3 rings (SSSR count). The molecule has 0 aliphatic rings. The Balaban J connectivity index is 1.72. The van der Waals surface area contributed by atoms with E-state index in [-0.39, 0.29) is 18.7 Å². The van der Waals surface area contributed by atoms with Crippen molar-refractivity contribution in [3.63, 3.8) is 0 Å². The smallest absolute Gasteiger partial charge is 0.406 e. The van der Waals surface area contributed by atoms with Gasteiger partial charge in [-0.05, 0) is 24.3 Å². The number of thiazole rings is 1. The topological polar surface area (TPSA) is 59.2 Å². The van der Waals surface area contributed by atoms with Crippen LogP contribution < -0.4 is 0 Å². The van der Waals surface area contributed by atoms with E-state index >= 15 is 0 Å². The van der Waals surface area contributed by atoms with E-state index < -0.39 is 18.6 Å². The Kier molecular flexibility index (Phi) is 5.36. The summed E-state index contributed by atoms with van der Waals surface area (Å²) in [4.78, 5) is 21.6. The summed E-state index contributed by atoms with van der Waals surface area (Å²) in [6.07, 6.45) is -1.75. The molecule has 0 aliphatic carbocycles.